The number of halogens is 1. The summed E-state index contributed by atoms with van der Waals surface area (Å²) in [4.78, 5) is 2.22. The Kier molecular flexibility index (Phi) is 3.57. The van der Waals surface area contributed by atoms with Crippen LogP contribution in [0, 0.1) is 0 Å². The predicted molar refractivity (Wildman–Crippen MR) is 63.5 cm³/mol. The lowest BCUT2D eigenvalue weighted by Gasteiger charge is -2.38. The molecule has 0 bridgehead atoms. The van der Waals surface area contributed by atoms with E-state index in [1.165, 1.54) is 0 Å². The van der Waals surface area contributed by atoms with Crippen LogP contribution in [0.5, 0.6) is 0 Å². The molecule has 1 aromatic heterocycles. The molecule has 1 aromatic rings. The maximum absolute atomic E-state index is 10.2. The minimum Gasteiger partial charge on any atom is -0.448 e. The van der Waals surface area contributed by atoms with E-state index in [-0.39, 0.29) is 0 Å². The van der Waals surface area contributed by atoms with Gasteiger partial charge in [0.15, 0.2) is 5.22 Å². The second-order valence-electron chi connectivity index (χ2n) is 4.60. The number of likely N-dealkylation sites (tertiary alicyclic amines) is 1. The highest BCUT2D eigenvalue weighted by molar-refractivity contribution is 6.28. The van der Waals surface area contributed by atoms with Crippen molar-refractivity contribution in [3.63, 3.8) is 0 Å². The lowest BCUT2D eigenvalue weighted by molar-refractivity contribution is -0.0372. The monoisotopic (exact) mass is 243 g/mol. The third-order valence-corrected chi connectivity index (χ3v) is 3.50. The average molecular weight is 244 g/mol. The molecule has 1 atom stereocenters. The van der Waals surface area contributed by atoms with Gasteiger partial charge in [-0.2, -0.15) is 0 Å². The van der Waals surface area contributed by atoms with Gasteiger partial charge in [-0.15, -0.1) is 0 Å². The van der Waals surface area contributed by atoms with Gasteiger partial charge >= 0.3 is 0 Å². The standard InChI is InChI=1S/C12H18ClNO2/c1-2-12(15)6-3-7-14(9-12)8-10-4-5-11(13)16-10/h4-5,15H,2-3,6-9H2,1H3. The van der Waals surface area contributed by atoms with Crippen molar-refractivity contribution in [2.24, 2.45) is 0 Å². The number of rotatable bonds is 3. The molecule has 1 unspecified atom stereocenters. The summed E-state index contributed by atoms with van der Waals surface area (Å²) in [7, 11) is 0. The Morgan fingerprint density at radius 2 is 2.38 bits per heavy atom. The quantitative estimate of drug-likeness (QED) is 0.887. The first-order valence-corrected chi connectivity index (χ1v) is 6.18. The van der Waals surface area contributed by atoms with Crippen LogP contribution < -0.4 is 0 Å². The number of hydrogen-bond donors (Lipinski definition) is 1. The third kappa shape index (κ3) is 2.78. The predicted octanol–water partition coefficient (Wildman–Crippen LogP) is 2.67. The van der Waals surface area contributed by atoms with Crippen molar-refractivity contribution in [3.05, 3.63) is 23.1 Å². The second kappa shape index (κ2) is 4.78. The molecule has 1 N–H and O–H groups in total. The second-order valence-corrected chi connectivity index (χ2v) is 4.97. The topological polar surface area (TPSA) is 36.6 Å². The van der Waals surface area contributed by atoms with Crippen LogP contribution in [0.25, 0.3) is 0 Å². The molecule has 1 saturated heterocycles. The van der Waals surface area contributed by atoms with Gasteiger partial charge < -0.3 is 9.52 Å². The largest absolute Gasteiger partial charge is 0.448 e. The number of furan rings is 1. The molecule has 0 aromatic carbocycles. The lowest BCUT2D eigenvalue weighted by atomic mass is 9.90. The van der Waals surface area contributed by atoms with Crippen molar-refractivity contribution < 1.29 is 9.52 Å². The molecule has 0 amide bonds. The van der Waals surface area contributed by atoms with Gasteiger partial charge in [0.2, 0.25) is 0 Å². The molecule has 0 saturated carbocycles. The van der Waals surface area contributed by atoms with Gasteiger partial charge in [0, 0.05) is 6.54 Å². The average Bonchev–Trinajstić information content (AvgIpc) is 2.64. The van der Waals surface area contributed by atoms with Gasteiger partial charge in [0.25, 0.3) is 0 Å². The van der Waals surface area contributed by atoms with Crippen LogP contribution in [0.3, 0.4) is 0 Å². The minimum absolute atomic E-state index is 0.428. The van der Waals surface area contributed by atoms with E-state index in [9.17, 15) is 5.11 Å². The Morgan fingerprint density at radius 3 is 3.00 bits per heavy atom. The highest BCUT2D eigenvalue weighted by Crippen LogP contribution is 2.25. The number of hydrogen-bond acceptors (Lipinski definition) is 3. The first kappa shape index (κ1) is 12.0. The van der Waals surface area contributed by atoms with E-state index in [4.69, 9.17) is 16.0 Å². The molecule has 90 valence electrons. The van der Waals surface area contributed by atoms with Crippen molar-refractivity contribution in [3.8, 4) is 0 Å². The van der Waals surface area contributed by atoms with E-state index < -0.39 is 5.60 Å². The maximum Gasteiger partial charge on any atom is 0.193 e. The zero-order chi connectivity index (χ0) is 11.6. The maximum atomic E-state index is 10.2. The molecular formula is C12H18ClNO2. The summed E-state index contributed by atoms with van der Waals surface area (Å²) in [6, 6.07) is 3.65. The van der Waals surface area contributed by atoms with E-state index in [1.807, 2.05) is 13.0 Å². The van der Waals surface area contributed by atoms with Gasteiger partial charge in [0.1, 0.15) is 5.76 Å². The van der Waals surface area contributed by atoms with Gasteiger partial charge in [-0.25, -0.2) is 0 Å². The van der Waals surface area contributed by atoms with Crippen LogP contribution in [0.2, 0.25) is 5.22 Å². The fraction of sp³-hybridized carbons (Fsp3) is 0.667. The summed E-state index contributed by atoms with van der Waals surface area (Å²) >= 11 is 5.73. The van der Waals surface area contributed by atoms with E-state index >= 15 is 0 Å². The molecule has 0 radical (unpaired) electrons. The normalized spacial score (nSPS) is 27.2. The van der Waals surface area contributed by atoms with Crippen LogP contribution >= 0.6 is 11.6 Å². The van der Waals surface area contributed by atoms with E-state index in [2.05, 4.69) is 4.90 Å². The van der Waals surface area contributed by atoms with Crippen molar-refractivity contribution in [2.45, 2.75) is 38.3 Å². The molecule has 4 heteroatoms. The molecule has 1 aliphatic heterocycles. The van der Waals surface area contributed by atoms with Crippen LogP contribution in [0.15, 0.2) is 16.5 Å². The third-order valence-electron chi connectivity index (χ3n) is 3.30. The first-order chi connectivity index (χ1) is 7.61. The van der Waals surface area contributed by atoms with Crippen molar-refractivity contribution in [1.29, 1.82) is 0 Å². The van der Waals surface area contributed by atoms with Crippen LogP contribution in [-0.2, 0) is 6.54 Å². The summed E-state index contributed by atoms with van der Waals surface area (Å²) in [6.07, 6.45) is 2.75. The Balaban J connectivity index is 1.95. The molecule has 0 spiro atoms. The fourth-order valence-electron chi connectivity index (χ4n) is 2.29. The van der Waals surface area contributed by atoms with Gasteiger partial charge in [-0.05, 0) is 49.5 Å². The molecule has 2 rings (SSSR count). The highest BCUT2D eigenvalue weighted by atomic mass is 35.5. The Morgan fingerprint density at radius 1 is 1.56 bits per heavy atom. The molecule has 16 heavy (non-hydrogen) atoms. The zero-order valence-electron chi connectivity index (χ0n) is 9.58. The Hall–Kier alpha value is -0.510. The summed E-state index contributed by atoms with van der Waals surface area (Å²) in [6.45, 7) is 4.50. The highest BCUT2D eigenvalue weighted by Gasteiger charge is 2.31. The SMILES string of the molecule is CCC1(O)CCCN(Cc2ccc(Cl)o2)C1. The molecule has 2 heterocycles. The van der Waals surface area contributed by atoms with Gasteiger partial charge in [-0.1, -0.05) is 6.92 Å². The Labute approximate surface area is 101 Å². The zero-order valence-corrected chi connectivity index (χ0v) is 10.3. The van der Waals surface area contributed by atoms with Crippen LogP contribution in [0.4, 0.5) is 0 Å². The van der Waals surface area contributed by atoms with E-state index in [0.29, 0.717) is 5.22 Å². The summed E-state index contributed by atoms with van der Waals surface area (Å²) in [5.41, 5.74) is -0.519. The van der Waals surface area contributed by atoms with Gasteiger partial charge in [0.05, 0.1) is 12.1 Å². The molecular weight excluding hydrogens is 226 g/mol. The lowest BCUT2D eigenvalue weighted by Crippen LogP contribution is -2.47. The summed E-state index contributed by atoms with van der Waals surface area (Å²) in [5.74, 6) is 0.866. The number of aliphatic hydroxyl groups is 1. The van der Waals surface area contributed by atoms with E-state index in [0.717, 1.165) is 44.7 Å². The molecule has 1 aliphatic rings. The summed E-state index contributed by atoms with van der Waals surface area (Å²) in [5, 5.41) is 10.7. The van der Waals surface area contributed by atoms with Crippen molar-refractivity contribution >= 4 is 11.6 Å². The molecule has 3 nitrogen and oxygen atoms in total. The smallest absolute Gasteiger partial charge is 0.193 e. The number of piperidine rings is 1. The van der Waals surface area contributed by atoms with Crippen molar-refractivity contribution in [1.82, 2.24) is 4.90 Å². The van der Waals surface area contributed by atoms with Crippen molar-refractivity contribution in [2.75, 3.05) is 13.1 Å². The number of nitrogens with zero attached hydrogens (tertiary/aromatic N) is 1. The van der Waals surface area contributed by atoms with Crippen LogP contribution in [-0.4, -0.2) is 28.7 Å². The minimum atomic E-state index is -0.519. The fourth-order valence-corrected chi connectivity index (χ4v) is 2.45. The number of β-amino-alcohol motifs (C(OH)–C–C–N with tert-alkyl or cyclic N) is 1. The Bertz CT molecular complexity index is 353. The van der Waals surface area contributed by atoms with Gasteiger partial charge in [-0.3, -0.25) is 4.90 Å². The molecule has 1 fully saturated rings. The first-order valence-electron chi connectivity index (χ1n) is 5.80. The van der Waals surface area contributed by atoms with Crippen LogP contribution in [0.1, 0.15) is 31.9 Å². The summed E-state index contributed by atoms with van der Waals surface area (Å²) < 4.78 is 5.33. The van der Waals surface area contributed by atoms with E-state index in [1.54, 1.807) is 6.07 Å². The molecule has 0 aliphatic carbocycles.